The highest BCUT2D eigenvalue weighted by Gasteiger charge is 1.91. The molecule has 0 aliphatic rings. The first-order chi connectivity index (χ1) is 5.77. The van der Waals surface area contributed by atoms with Crippen molar-refractivity contribution in [2.24, 2.45) is 0 Å². The van der Waals surface area contributed by atoms with Gasteiger partial charge in [-0.1, -0.05) is 39.0 Å². The fourth-order valence-electron chi connectivity index (χ4n) is 1.05. The molecular formula is C9H18NOS. The summed E-state index contributed by atoms with van der Waals surface area (Å²) in [6.45, 7) is 2.83. The average molecular weight is 188 g/mol. The molecule has 0 heterocycles. The summed E-state index contributed by atoms with van der Waals surface area (Å²) in [7, 11) is 0. The molecule has 0 saturated heterocycles. The summed E-state index contributed by atoms with van der Waals surface area (Å²) in [5.74, 6) is 0. The molecule has 12 heavy (non-hydrogen) atoms. The Morgan fingerprint density at radius 1 is 1.17 bits per heavy atom. The summed E-state index contributed by atoms with van der Waals surface area (Å²) in [6.07, 6.45) is 7.44. The Labute approximate surface area is 80.5 Å². The number of ether oxygens (including phenoxy) is 1. The van der Waals surface area contributed by atoms with Gasteiger partial charge in [-0.25, -0.2) is 0 Å². The smallest absolute Gasteiger partial charge is 0.275 e. The Morgan fingerprint density at radius 3 is 2.33 bits per heavy atom. The van der Waals surface area contributed by atoms with Crippen LogP contribution < -0.4 is 5.73 Å². The number of hydrogen-bond acceptors (Lipinski definition) is 2. The molecule has 0 aromatic rings. The van der Waals surface area contributed by atoms with E-state index in [1.54, 1.807) is 0 Å². The molecule has 0 atom stereocenters. The number of rotatable bonds is 7. The molecule has 0 unspecified atom stereocenters. The van der Waals surface area contributed by atoms with Crippen molar-refractivity contribution in [2.75, 3.05) is 6.61 Å². The van der Waals surface area contributed by atoms with Crippen LogP contribution in [0.1, 0.15) is 45.4 Å². The SMILES string of the molecule is CCCCCCCCOC([NH])=S. The zero-order valence-corrected chi connectivity index (χ0v) is 8.58. The third-order valence-corrected chi connectivity index (χ3v) is 1.85. The number of nitrogens with one attached hydrogen (secondary N) is 1. The first kappa shape index (κ1) is 11.7. The maximum atomic E-state index is 6.83. The van der Waals surface area contributed by atoms with Gasteiger partial charge in [0, 0.05) is 0 Å². The number of hydrogen-bond donors (Lipinski definition) is 0. The normalized spacial score (nSPS) is 9.75. The topological polar surface area (TPSA) is 33.0 Å². The summed E-state index contributed by atoms with van der Waals surface area (Å²) in [5, 5.41) is -0.0800. The molecule has 0 aliphatic heterocycles. The van der Waals surface area contributed by atoms with E-state index in [1.165, 1.54) is 32.1 Å². The lowest BCUT2D eigenvalue weighted by Crippen LogP contribution is -2.02. The molecule has 0 spiro atoms. The second-order valence-electron chi connectivity index (χ2n) is 2.90. The highest BCUT2D eigenvalue weighted by Crippen LogP contribution is 2.04. The van der Waals surface area contributed by atoms with Crippen LogP contribution in [0, 0.1) is 0 Å². The van der Waals surface area contributed by atoms with Gasteiger partial charge in [-0.3, -0.25) is 5.73 Å². The minimum absolute atomic E-state index is 0.0800. The Hall–Kier alpha value is -0.310. The summed E-state index contributed by atoms with van der Waals surface area (Å²) in [5.41, 5.74) is 6.83. The molecule has 3 heteroatoms. The van der Waals surface area contributed by atoms with Crippen molar-refractivity contribution in [3.05, 3.63) is 0 Å². The number of thiocarbonyl (C=S) groups is 1. The lowest BCUT2D eigenvalue weighted by molar-refractivity contribution is 0.294. The summed E-state index contributed by atoms with van der Waals surface area (Å²) < 4.78 is 4.85. The van der Waals surface area contributed by atoms with Crippen LogP contribution in [0.3, 0.4) is 0 Å². The van der Waals surface area contributed by atoms with E-state index in [0.29, 0.717) is 6.61 Å². The third-order valence-electron chi connectivity index (χ3n) is 1.73. The molecule has 0 fully saturated rings. The highest BCUT2D eigenvalue weighted by molar-refractivity contribution is 7.79. The zero-order chi connectivity index (χ0) is 9.23. The average Bonchev–Trinajstić information content (AvgIpc) is 2.02. The van der Waals surface area contributed by atoms with Gasteiger partial charge in [-0.05, 0) is 18.6 Å². The van der Waals surface area contributed by atoms with E-state index in [4.69, 9.17) is 10.5 Å². The predicted octanol–water partition coefficient (Wildman–Crippen LogP) is 2.93. The van der Waals surface area contributed by atoms with Crippen molar-refractivity contribution in [3.63, 3.8) is 0 Å². The molecule has 71 valence electrons. The molecule has 2 nitrogen and oxygen atoms in total. The van der Waals surface area contributed by atoms with Crippen LogP contribution in [-0.2, 0) is 4.74 Å². The van der Waals surface area contributed by atoms with Crippen LogP contribution in [0.2, 0.25) is 0 Å². The van der Waals surface area contributed by atoms with Crippen molar-refractivity contribution < 1.29 is 4.74 Å². The molecular weight excluding hydrogens is 170 g/mol. The van der Waals surface area contributed by atoms with E-state index in [0.717, 1.165) is 6.42 Å². The van der Waals surface area contributed by atoms with E-state index >= 15 is 0 Å². The molecule has 1 N–H and O–H groups in total. The molecule has 0 bridgehead atoms. The lowest BCUT2D eigenvalue weighted by atomic mass is 10.1. The molecule has 0 aromatic heterocycles. The predicted molar refractivity (Wildman–Crippen MR) is 55.0 cm³/mol. The van der Waals surface area contributed by atoms with Crippen molar-refractivity contribution in [3.8, 4) is 0 Å². The standard InChI is InChI=1S/C9H18NOS/c1-2-3-4-5-6-7-8-11-9(10)12/h10H,2-8H2,1H3. The minimum atomic E-state index is -0.0800. The van der Waals surface area contributed by atoms with Crippen LogP contribution >= 0.6 is 12.2 Å². The van der Waals surface area contributed by atoms with Crippen LogP contribution in [0.15, 0.2) is 0 Å². The van der Waals surface area contributed by atoms with E-state index in [2.05, 4.69) is 19.1 Å². The monoisotopic (exact) mass is 188 g/mol. The minimum Gasteiger partial charge on any atom is -0.470 e. The van der Waals surface area contributed by atoms with Crippen LogP contribution in [0.25, 0.3) is 0 Å². The first-order valence-electron chi connectivity index (χ1n) is 4.65. The van der Waals surface area contributed by atoms with Crippen molar-refractivity contribution in [2.45, 2.75) is 45.4 Å². The van der Waals surface area contributed by atoms with Gasteiger partial charge < -0.3 is 4.74 Å². The van der Waals surface area contributed by atoms with Gasteiger partial charge in [0.15, 0.2) is 0 Å². The van der Waals surface area contributed by atoms with Gasteiger partial charge in [-0.15, -0.1) is 0 Å². The van der Waals surface area contributed by atoms with Crippen molar-refractivity contribution in [1.82, 2.24) is 5.73 Å². The van der Waals surface area contributed by atoms with Gasteiger partial charge in [0.25, 0.3) is 5.17 Å². The maximum absolute atomic E-state index is 6.83. The lowest BCUT2D eigenvalue weighted by Gasteiger charge is -2.01. The third kappa shape index (κ3) is 9.69. The zero-order valence-electron chi connectivity index (χ0n) is 7.77. The fourth-order valence-corrected chi connectivity index (χ4v) is 1.13. The maximum Gasteiger partial charge on any atom is 0.275 e. The second-order valence-corrected chi connectivity index (χ2v) is 3.27. The molecule has 0 amide bonds. The second kappa shape index (κ2) is 8.78. The molecule has 0 aromatic carbocycles. The van der Waals surface area contributed by atoms with E-state index in [1.807, 2.05) is 0 Å². The van der Waals surface area contributed by atoms with Gasteiger partial charge in [0.1, 0.15) is 0 Å². The van der Waals surface area contributed by atoms with Crippen LogP contribution in [0.5, 0.6) is 0 Å². The molecule has 0 aliphatic carbocycles. The van der Waals surface area contributed by atoms with E-state index in [9.17, 15) is 0 Å². The molecule has 1 radical (unpaired) electrons. The largest absolute Gasteiger partial charge is 0.470 e. The van der Waals surface area contributed by atoms with Crippen LogP contribution in [-0.4, -0.2) is 11.8 Å². The van der Waals surface area contributed by atoms with E-state index < -0.39 is 0 Å². The Kier molecular flexibility index (Phi) is 8.56. The summed E-state index contributed by atoms with van der Waals surface area (Å²) in [6, 6.07) is 0. The fraction of sp³-hybridized carbons (Fsp3) is 0.889. The Morgan fingerprint density at radius 2 is 1.75 bits per heavy atom. The first-order valence-corrected chi connectivity index (χ1v) is 5.06. The van der Waals surface area contributed by atoms with Gasteiger partial charge >= 0.3 is 0 Å². The quantitative estimate of drug-likeness (QED) is 0.454. The molecule has 0 saturated carbocycles. The number of unbranched alkanes of at least 4 members (excludes halogenated alkanes) is 5. The summed E-state index contributed by atoms with van der Waals surface area (Å²) >= 11 is 4.46. The van der Waals surface area contributed by atoms with E-state index in [-0.39, 0.29) is 5.17 Å². The summed E-state index contributed by atoms with van der Waals surface area (Å²) in [4.78, 5) is 0. The Balaban J connectivity index is 2.86. The molecule has 0 rings (SSSR count). The van der Waals surface area contributed by atoms with Gasteiger partial charge in [0.05, 0.1) is 6.61 Å². The van der Waals surface area contributed by atoms with Crippen LogP contribution in [0.4, 0.5) is 0 Å². The van der Waals surface area contributed by atoms with Crippen molar-refractivity contribution >= 4 is 17.4 Å². The van der Waals surface area contributed by atoms with Crippen molar-refractivity contribution in [1.29, 1.82) is 0 Å². The Bertz CT molecular complexity index is 117. The van der Waals surface area contributed by atoms with Gasteiger partial charge in [-0.2, -0.15) is 0 Å². The highest BCUT2D eigenvalue weighted by atomic mass is 32.1. The van der Waals surface area contributed by atoms with Gasteiger partial charge in [0.2, 0.25) is 0 Å².